The molecule has 3 rings (SSSR count). The van der Waals surface area contributed by atoms with Crippen molar-refractivity contribution in [3.05, 3.63) is 18.0 Å². The maximum Gasteiger partial charge on any atom is 0.326 e. The number of hydrogen-bond donors (Lipinski definition) is 1. The van der Waals surface area contributed by atoms with Crippen LogP contribution in [-0.2, 0) is 23.1 Å². The third-order valence-electron chi connectivity index (χ3n) is 5.18. The third kappa shape index (κ3) is 2.74. The quantitative estimate of drug-likeness (QED) is 0.916. The Morgan fingerprint density at radius 2 is 2.14 bits per heavy atom. The van der Waals surface area contributed by atoms with Crippen molar-refractivity contribution in [2.75, 3.05) is 0 Å². The molecule has 1 aliphatic heterocycles. The maximum atomic E-state index is 12.7. The molecule has 2 aliphatic rings. The number of aliphatic carboxylic acids is 1. The topological polar surface area (TPSA) is 75.4 Å². The van der Waals surface area contributed by atoms with Gasteiger partial charge in [-0.2, -0.15) is 5.10 Å². The van der Waals surface area contributed by atoms with Crippen LogP contribution in [0.5, 0.6) is 0 Å². The molecule has 2 fully saturated rings. The van der Waals surface area contributed by atoms with E-state index in [1.54, 1.807) is 15.8 Å². The van der Waals surface area contributed by atoms with E-state index in [4.69, 9.17) is 0 Å². The lowest BCUT2D eigenvalue weighted by molar-refractivity contribution is -0.149. The first-order valence-electron chi connectivity index (χ1n) is 8.08. The summed E-state index contributed by atoms with van der Waals surface area (Å²) in [5.41, 5.74) is 1.000. The number of amides is 1. The zero-order chi connectivity index (χ0) is 15.7. The summed E-state index contributed by atoms with van der Waals surface area (Å²) in [4.78, 5) is 25.9. The van der Waals surface area contributed by atoms with E-state index in [2.05, 4.69) is 5.10 Å². The number of aryl methyl sites for hydroxylation is 2. The largest absolute Gasteiger partial charge is 0.480 e. The van der Waals surface area contributed by atoms with Gasteiger partial charge >= 0.3 is 5.97 Å². The van der Waals surface area contributed by atoms with Crippen molar-refractivity contribution in [1.82, 2.24) is 14.7 Å². The van der Waals surface area contributed by atoms with E-state index < -0.39 is 12.0 Å². The van der Waals surface area contributed by atoms with Gasteiger partial charge in [0.05, 0.1) is 0 Å². The standard InChI is InChI=1S/C16H23N3O3/c1-18-12(8-9-17-18)6-7-15(20)19-13-5-3-2-4-11(13)10-14(19)16(21)22/h8-9,11,13-14H,2-7,10H2,1H3,(H,21,22). The second kappa shape index (κ2) is 6.10. The van der Waals surface area contributed by atoms with Gasteiger partial charge in [0.25, 0.3) is 0 Å². The zero-order valence-corrected chi connectivity index (χ0v) is 12.9. The van der Waals surface area contributed by atoms with Crippen LogP contribution < -0.4 is 0 Å². The minimum Gasteiger partial charge on any atom is -0.480 e. The predicted octanol–water partition coefficient (Wildman–Crippen LogP) is 1.60. The molecule has 1 aromatic rings. The van der Waals surface area contributed by atoms with Gasteiger partial charge in [0.15, 0.2) is 0 Å². The van der Waals surface area contributed by atoms with Crippen molar-refractivity contribution >= 4 is 11.9 Å². The Bertz CT molecular complexity index is 569. The Balaban J connectivity index is 1.70. The summed E-state index contributed by atoms with van der Waals surface area (Å²) in [6, 6.07) is 1.40. The normalized spacial score (nSPS) is 27.7. The molecule has 0 bridgehead atoms. The summed E-state index contributed by atoms with van der Waals surface area (Å²) in [6.45, 7) is 0. The Labute approximate surface area is 130 Å². The van der Waals surface area contributed by atoms with Gasteiger partial charge in [-0.05, 0) is 37.7 Å². The van der Waals surface area contributed by atoms with Gasteiger partial charge in [0.1, 0.15) is 6.04 Å². The van der Waals surface area contributed by atoms with E-state index in [1.165, 1.54) is 0 Å². The van der Waals surface area contributed by atoms with Crippen molar-refractivity contribution in [1.29, 1.82) is 0 Å². The smallest absolute Gasteiger partial charge is 0.326 e. The number of carboxylic acid groups (broad SMARTS) is 1. The minimum atomic E-state index is -0.858. The van der Waals surface area contributed by atoms with Gasteiger partial charge in [-0.15, -0.1) is 0 Å². The minimum absolute atomic E-state index is 0.0250. The van der Waals surface area contributed by atoms with Gasteiger partial charge in [-0.1, -0.05) is 12.8 Å². The molecule has 3 atom stereocenters. The van der Waals surface area contributed by atoms with Gasteiger partial charge < -0.3 is 10.0 Å². The number of aromatic nitrogens is 2. The monoisotopic (exact) mass is 305 g/mol. The molecule has 6 heteroatoms. The molecule has 1 aliphatic carbocycles. The molecule has 1 saturated carbocycles. The first-order chi connectivity index (χ1) is 10.6. The number of carbonyl (C=O) groups is 2. The molecule has 0 aromatic carbocycles. The van der Waals surface area contributed by atoms with E-state index in [1.807, 2.05) is 13.1 Å². The number of fused-ring (bicyclic) bond motifs is 1. The number of carboxylic acids is 1. The van der Waals surface area contributed by atoms with E-state index in [9.17, 15) is 14.7 Å². The lowest BCUT2D eigenvalue weighted by atomic mass is 9.84. The average molecular weight is 305 g/mol. The number of hydrogen-bond acceptors (Lipinski definition) is 3. The first kappa shape index (κ1) is 15.1. The molecular formula is C16H23N3O3. The zero-order valence-electron chi connectivity index (χ0n) is 12.9. The summed E-state index contributed by atoms with van der Waals surface area (Å²) >= 11 is 0. The van der Waals surface area contributed by atoms with Gasteiger partial charge in [0.2, 0.25) is 5.91 Å². The van der Waals surface area contributed by atoms with Crippen LogP contribution in [0.25, 0.3) is 0 Å². The van der Waals surface area contributed by atoms with Crippen molar-refractivity contribution in [2.24, 2.45) is 13.0 Å². The van der Waals surface area contributed by atoms with E-state index in [0.29, 0.717) is 25.2 Å². The van der Waals surface area contributed by atoms with Crippen LogP contribution in [-0.4, -0.2) is 43.7 Å². The molecule has 0 radical (unpaired) electrons. The molecule has 22 heavy (non-hydrogen) atoms. The van der Waals surface area contributed by atoms with Gasteiger partial charge in [-0.3, -0.25) is 9.48 Å². The Kier molecular flexibility index (Phi) is 4.18. The predicted molar refractivity (Wildman–Crippen MR) is 80.2 cm³/mol. The highest BCUT2D eigenvalue weighted by atomic mass is 16.4. The van der Waals surface area contributed by atoms with Crippen LogP contribution in [0.2, 0.25) is 0 Å². The number of rotatable bonds is 4. The van der Waals surface area contributed by atoms with Crippen LogP contribution in [0.3, 0.4) is 0 Å². The lowest BCUT2D eigenvalue weighted by Crippen LogP contribution is -2.46. The molecule has 1 aromatic heterocycles. The molecule has 2 heterocycles. The second-order valence-corrected chi connectivity index (χ2v) is 6.45. The average Bonchev–Trinajstić information content (AvgIpc) is 3.08. The fourth-order valence-corrected chi connectivity index (χ4v) is 4.05. The fraction of sp³-hybridized carbons (Fsp3) is 0.688. The second-order valence-electron chi connectivity index (χ2n) is 6.45. The third-order valence-corrected chi connectivity index (χ3v) is 5.18. The van der Waals surface area contributed by atoms with Crippen LogP contribution in [0.4, 0.5) is 0 Å². The molecule has 1 saturated heterocycles. The summed E-state index contributed by atoms with van der Waals surface area (Å²) in [6.07, 6.45) is 7.56. The number of carbonyl (C=O) groups excluding carboxylic acids is 1. The summed E-state index contributed by atoms with van der Waals surface area (Å²) in [5.74, 6) is -0.512. The SMILES string of the molecule is Cn1nccc1CCC(=O)N1C(C(=O)O)CC2CCCCC21. The molecule has 3 unspecified atom stereocenters. The molecule has 6 nitrogen and oxygen atoms in total. The first-order valence-corrected chi connectivity index (χ1v) is 8.08. The van der Waals surface area contributed by atoms with Crippen molar-refractivity contribution in [2.45, 2.75) is 57.0 Å². The van der Waals surface area contributed by atoms with Crippen LogP contribution in [0.15, 0.2) is 12.3 Å². The van der Waals surface area contributed by atoms with Crippen LogP contribution in [0.1, 0.15) is 44.2 Å². The van der Waals surface area contributed by atoms with Crippen LogP contribution in [0, 0.1) is 5.92 Å². The maximum absolute atomic E-state index is 12.7. The molecule has 1 N–H and O–H groups in total. The highest BCUT2D eigenvalue weighted by Crippen LogP contribution is 2.40. The van der Waals surface area contributed by atoms with Gasteiger partial charge in [0, 0.05) is 31.4 Å². The lowest BCUT2D eigenvalue weighted by Gasteiger charge is -2.33. The number of nitrogens with zero attached hydrogens (tertiary/aromatic N) is 3. The van der Waals surface area contributed by atoms with Crippen molar-refractivity contribution in [3.8, 4) is 0 Å². The Hall–Kier alpha value is -1.85. The summed E-state index contributed by atoms with van der Waals surface area (Å²) < 4.78 is 1.76. The fourth-order valence-electron chi connectivity index (χ4n) is 4.05. The van der Waals surface area contributed by atoms with Crippen LogP contribution >= 0.6 is 0 Å². The Morgan fingerprint density at radius 1 is 1.36 bits per heavy atom. The van der Waals surface area contributed by atoms with Crippen molar-refractivity contribution in [3.63, 3.8) is 0 Å². The molecule has 0 spiro atoms. The van der Waals surface area contributed by atoms with E-state index >= 15 is 0 Å². The Morgan fingerprint density at radius 3 is 2.82 bits per heavy atom. The summed E-state index contributed by atoms with van der Waals surface area (Å²) in [7, 11) is 1.85. The molecule has 1 amide bonds. The molecular weight excluding hydrogens is 282 g/mol. The highest BCUT2D eigenvalue weighted by molar-refractivity contribution is 5.85. The van der Waals surface area contributed by atoms with E-state index in [-0.39, 0.29) is 11.9 Å². The highest BCUT2D eigenvalue weighted by Gasteiger charge is 2.47. The van der Waals surface area contributed by atoms with Gasteiger partial charge in [-0.25, -0.2) is 4.79 Å². The summed E-state index contributed by atoms with van der Waals surface area (Å²) in [5, 5.41) is 13.6. The number of likely N-dealkylation sites (tertiary alicyclic amines) is 1. The molecule has 120 valence electrons. The van der Waals surface area contributed by atoms with E-state index in [0.717, 1.165) is 31.4 Å². The van der Waals surface area contributed by atoms with Crippen molar-refractivity contribution < 1.29 is 14.7 Å².